The SMILES string of the molecule is CC(C)(C)OC(=O)N1CCC(c2cc3c(N)ncnn3c2)CC1. The number of likely N-dealkylation sites (tertiary alicyclic amines) is 1. The van der Waals surface area contributed by atoms with E-state index in [1.807, 2.05) is 33.0 Å². The van der Waals surface area contributed by atoms with Crippen molar-refractivity contribution in [2.24, 2.45) is 0 Å². The number of nitrogens with zero attached hydrogens (tertiary/aromatic N) is 4. The van der Waals surface area contributed by atoms with Gasteiger partial charge < -0.3 is 15.4 Å². The number of amides is 1. The van der Waals surface area contributed by atoms with Gasteiger partial charge >= 0.3 is 6.09 Å². The maximum absolute atomic E-state index is 12.1. The van der Waals surface area contributed by atoms with E-state index in [9.17, 15) is 4.79 Å². The van der Waals surface area contributed by atoms with Crippen molar-refractivity contribution in [1.29, 1.82) is 0 Å². The summed E-state index contributed by atoms with van der Waals surface area (Å²) in [5.41, 5.74) is 7.45. The van der Waals surface area contributed by atoms with E-state index in [2.05, 4.69) is 10.1 Å². The van der Waals surface area contributed by atoms with Crippen LogP contribution in [0, 0.1) is 0 Å². The Balaban J connectivity index is 1.66. The molecule has 1 fully saturated rings. The normalized spacial score (nSPS) is 16.7. The van der Waals surface area contributed by atoms with E-state index in [0.717, 1.165) is 18.4 Å². The summed E-state index contributed by atoms with van der Waals surface area (Å²) in [7, 11) is 0. The fourth-order valence-electron chi connectivity index (χ4n) is 2.91. The van der Waals surface area contributed by atoms with Crippen LogP contribution in [0.25, 0.3) is 5.52 Å². The molecule has 0 spiro atoms. The van der Waals surface area contributed by atoms with E-state index in [4.69, 9.17) is 10.5 Å². The predicted molar refractivity (Wildman–Crippen MR) is 87.2 cm³/mol. The van der Waals surface area contributed by atoms with E-state index in [1.165, 1.54) is 11.9 Å². The number of nitrogens with two attached hydrogens (primary N) is 1. The van der Waals surface area contributed by atoms with Crippen molar-refractivity contribution < 1.29 is 9.53 Å². The number of rotatable bonds is 1. The molecule has 0 bridgehead atoms. The number of carbonyl (C=O) groups is 1. The second-order valence-corrected chi connectivity index (χ2v) is 6.99. The van der Waals surface area contributed by atoms with Gasteiger partial charge in [0.2, 0.25) is 0 Å². The van der Waals surface area contributed by atoms with Crippen molar-refractivity contribution in [2.75, 3.05) is 18.8 Å². The molecule has 1 aliphatic rings. The van der Waals surface area contributed by atoms with Crippen LogP contribution in [0.15, 0.2) is 18.6 Å². The van der Waals surface area contributed by atoms with E-state index in [0.29, 0.717) is 24.8 Å². The Morgan fingerprint density at radius 2 is 2.04 bits per heavy atom. The Labute approximate surface area is 135 Å². The largest absolute Gasteiger partial charge is 0.444 e. The monoisotopic (exact) mass is 317 g/mol. The second kappa shape index (κ2) is 5.72. The van der Waals surface area contributed by atoms with Crippen LogP contribution in [0.1, 0.15) is 45.1 Å². The zero-order chi connectivity index (χ0) is 16.6. The number of aromatic nitrogens is 3. The molecule has 1 amide bonds. The van der Waals surface area contributed by atoms with E-state index < -0.39 is 5.60 Å². The van der Waals surface area contributed by atoms with E-state index in [-0.39, 0.29) is 6.09 Å². The topological polar surface area (TPSA) is 85.8 Å². The third kappa shape index (κ3) is 3.38. The van der Waals surface area contributed by atoms with Gasteiger partial charge in [-0.05, 0) is 51.2 Å². The van der Waals surface area contributed by atoms with Gasteiger partial charge in [-0.15, -0.1) is 0 Å². The first-order chi connectivity index (χ1) is 10.8. The molecule has 0 aliphatic carbocycles. The van der Waals surface area contributed by atoms with E-state index >= 15 is 0 Å². The first-order valence-electron chi connectivity index (χ1n) is 7.90. The van der Waals surface area contributed by atoms with Gasteiger partial charge in [-0.3, -0.25) is 0 Å². The lowest BCUT2D eigenvalue weighted by atomic mass is 9.91. The Bertz CT molecular complexity index is 711. The molecule has 7 nitrogen and oxygen atoms in total. The summed E-state index contributed by atoms with van der Waals surface area (Å²) in [5.74, 6) is 0.882. The minimum Gasteiger partial charge on any atom is -0.444 e. The Kier molecular flexibility index (Phi) is 3.87. The highest BCUT2D eigenvalue weighted by molar-refractivity contribution is 5.68. The van der Waals surface area contributed by atoms with Gasteiger partial charge in [-0.1, -0.05) is 0 Å². The summed E-state index contributed by atoms with van der Waals surface area (Å²) < 4.78 is 7.19. The van der Waals surface area contributed by atoms with Crippen LogP contribution in [0.2, 0.25) is 0 Å². The van der Waals surface area contributed by atoms with Crippen LogP contribution in [0.3, 0.4) is 0 Å². The third-order valence-electron chi connectivity index (χ3n) is 4.07. The van der Waals surface area contributed by atoms with Crippen molar-refractivity contribution in [2.45, 2.75) is 45.1 Å². The maximum atomic E-state index is 12.1. The van der Waals surface area contributed by atoms with Crippen LogP contribution in [0.5, 0.6) is 0 Å². The van der Waals surface area contributed by atoms with Crippen molar-refractivity contribution in [3.05, 3.63) is 24.2 Å². The molecule has 2 aromatic heterocycles. The van der Waals surface area contributed by atoms with Gasteiger partial charge in [-0.25, -0.2) is 14.3 Å². The predicted octanol–water partition coefficient (Wildman–Crippen LogP) is 2.43. The highest BCUT2D eigenvalue weighted by Crippen LogP contribution is 2.30. The summed E-state index contributed by atoms with van der Waals surface area (Å²) in [4.78, 5) is 17.9. The summed E-state index contributed by atoms with van der Waals surface area (Å²) >= 11 is 0. The fraction of sp³-hybridized carbons (Fsp3) is 0.562. The molecule has 3 rings (SSSR count). The van der Waals surface area contributed by atoms with Crippen LogP contribution < -0.4 is 5.73 Å². The Morgan fingerprint density at radius 3 is 2.65 bits per heavy atom. The molecule has 1 aliphatic heterocycles. The lowest BCUT2D eigenvalue weighted by molar-refractivity contribution is 0.0205. The van der Waals surface area contributed by atoms with Gasteiger partial charge in [0.1, 0.15) is 17.4 Å². The number of fused-ring (bicyclic) bond motifs is 1. The van der Waals surface area contributed by atoms with E-state index in [1.54, 1.807) is 9.42 Å². The maximum Gasteiger partial charge on any atom is 0.410 e. The zero-order valence-electron chi connectivity index (χ0n) is 13.8. The van der Waals surface area contributed by atoms with Crippen LogP contribution >= 0.6 is 0 Å². The quantitative estimate of drug-likeness (QED) is 0.873. The van der Waals surface area contributed by atoms with Gasteiger partial charge in [0.25, 0.3) is 0 Å². The Morgan fingerprint density at radius 1 is 1.35 bits per heavy atom. The average Bonchev–Trinajstić information content (AvgIpc) is 2.91. The highest BCUT2D eigenvalue weighted by Gasteiger charge is 2.28. The number of ether oxygens (including phenoxy) is 1. The lowest BCUT2D eigenvalue weighted by Gasteiger charge is -2.33. The van der Waals surface area contributed by atoms with Crippen molar-refractivity contribution in [3.8, 4) is 0 Å². The molecule has 124 valence electrons. The summed E-state index contributed by atoms with van der Waals surface area (Å²) in [6.45, 7) is 7.06. The molecule has 0 radical (unpaired) electrons. The zero-order valence-corrected chi connectivity index (χ0v) is 13.8. The fourth-order valence-corrected chi connectivity index (χ4v) is 2.91. The van der Waals surface area contributed by atoms with Gasteiger partial charge in [-0.2, -0.15) is 5.10 Å². The van der Waals surface area contributed by atoms with Crippen molar-refractivity contribution in [3.63, 3.8) is 0 Å². The first kappa shape index (κ1) is 15.6. The molecule has 0 aromatic carbocycles. The molecular weight excluding hydrogens is 294 g/mol. The van der Waals surface area contributed by atoms with Gasteiger partial charge in [0.05, 0.1) is 0 Å². The Hall–Kier alpha value is -2.31. The molecule has 1 saturated heterocycles. The minimum atomic E-state index is -0.454. The average molecular weight is 317 g/mol. The third-order valence-corrected chi connectivity index (χ3v) is 4.07. The molecule has 2 aromatic rings. The highest BCUT2D eigenvalue weighted by atomic mass is 16.6. The summed E-state index contributed by atoms with van der Waals surface area (Å²) in [6.07, 6.45) is 5.04. The summed E-state index contributed by atoms with van der Waals surface area (Å²) in [5, 5.41) is 4.18. The molecule has 0 atom stereocenters. The number of anilines is 1. The van der Waals surface area contributed by atoms with Crippen molar-refractivity contribution >= 4 is 17.4 Å². The number of carbonyl (C=O) groups excluding carboxylic acids is 1. The first-order valence-corrected chi connectivity index (χ1v) is 7.90. The number of hydrogen-bond donors (Lipinski definition) is 1. The standard InChI is InChI=1S/C16H23N5O2/c1-16(2,3)23-15(22)20-6-4-11(5-7-20)12-8-13-14(17)18-10-19-21(13)9-12/h8-11H,4-7H2,1-3H3,(H2,17,18,19). The molecule has 0 saturated carbocycles. The molecule has 2 N–H and O–H groups in total. The lowest BCUT2D eigenvalue weighted by Crippen LogP contribution is -2.41. The van der Waals surface area contributed by atoms with Gasteiger partial charge in [0, 0.05) is 19.3 Å². The minimum absolute atomic E-state index is 0.229. The van der Waals surface area contributed by atoms with Crippen molar-refractivity contribution in [1.82, 2.24) is 19.5 Å². The molecule has 0 unspecified atom stereocenters. The molecular formula is C16H23N5O2. The molecule has 7 heteroatoms. The number of hydrogen-bond acceptors (Lipinski definition) is 5. The van der Waals surface area contributed by atoms with Gasteiger partial charge in [0.15, 0.2) is 5.82 Å². The second-order valence-electron chi connectivity index (χ2n) is 6.99. The smallest absolute Gasteiger partial charge is 0.410 e. The number of nitrogen functional groups attached to an aromatic ring is 1. The van der Waals surface area contributed by atoms with Crippen LogP contribution in [0.4, 0.5) is 10.6 Å². The summed E-state index contributed by atoms with van der Waals surface area (Å²) in [6, 6.07) is 2.04. The van der Waals surface area contributed by atoms with Crippen LogP contribution in [-0.2, 0) is 4.74 Å². The van der Waals surface area contributed by atoms with Crippen LogP contribution in [-0.4, -0.2) is 44.3 Å². The number of piperidine rings is 1. The molecule has 3 heterocycles. The molecule has 23 heavy (non-hydrogen) atoms.